The van der Waals surface area contributed by atoms with Gasteiger partial charge in [-0.3, -0.25) is 4.79 Å². The van der Waals surface area contributed by atoms with Gasteiger partial charge in [0.15, 0.2) is 0 Å². The zero-order valence-corrected chi connectivity index (χ0v) is 16.6. The van der Waals surface area contributed by atoms with E-state index in [-0.39, 0.29) is 11.3 Å². The van der Waals surface area contributed by atoms with Crippen LogP contribution in [0.15, 0.2) is 54.6 Å². The van der Waals surface area contributed by atoms with Crippen molar-refractivity contribution in [2.75, 3.05) is 40.3 Å². The second-order valence-corrected chi connectivity index (χ2v) is 8.04. The molecule has 1 heterocycles. The minimum absolute atomic E-state index is 0.0288. The summed E-state index contributed by atoms with van der Waals surface area (Å²) in [5, 5.41) is 0. The Morgan fingerprint density at radius 2 is 1.85 bits per heavy atom. The minimum Gasteiger partial charge on any atom is -0.492 e. The number of ether oxygens (including phenoxy) is 1. The summed E-state index contributed by atoms with van der Waals surface area (Å²) in [6.07, 6.45) is 1.94. The van der Waals surface area contributed by atoms with Crippen LogP contribution in [0.5, 0.6) is 5.75 Å². The van der Waals surface area contributed by atoms with E-state index in [1.165, 1.54) is 5.56 Å². The lowest BCUT2D eigenvalue weighted by Gasteiger charge is -2.30. The zero-order chi connectivity index (χ0) is 19.3. The van der Waals surface area contributed by atoms with E-state index in [9.17, 15) is 4.79 Å². The van der Waals surface area contributed by atoms with Crippen LogP contribution in [0.25, 0.3) is 0 Å². The summed E-state index contributed by atoms with van der Waals surface area (Å²) in [7, 11) is 4.04. The molecule has 1 amide bonds. The van der Waals surface area contributed by atoms with E-state index < -0.39 is 0 Å². The molecule has 0 aromatic heterocycles. The summed E-state index contributed by atoms with van der Waals surface area (Å²) in [4.78, 5) is 17.2. The maximum absolute atomic E-state index is 13.0. The third-order valence-corrected chi connectivity index (χ3v) is 5.32. The molecule has 2 aromatic carbocycles. The number of hydrogen-bond donors (Lipinski definition) is 0. The van der Waals surface area contributed by atoms with Crippen LogP contribution in [-0.4, -0.2) is 56.0 Å². The molecule has 0 N–H and O–H groups in total. The molecule has 144 valence electrons. The van der Waals surface area contributed by atoms with Gasteiger partial charge in [-0.2, -0.15) is 0 Å². The van der Waals surface area contributed by atoms with Crippen molar-refractivity contribution in [1.82, 2.24) is 9.80 Å². The van der Waals surface area contributed by atoms with Gasteiger partial charge in [-0.05, 0) is 43.1 Å². The van der Waals surface area contributed by atoms with Crippen molar-refractivity contribution >= 4 is 5.91 Å². The number of benzene rings is 2. The Kier molecular flexibility index (Phi) is 6.17. The average Bonchev–Trinajstić information content (AvgIpc) is 3.00. The number of likely N-dealkylation sites (tertiary alicyclic amines) is 1. The number of carbonyl (C=O) groups is 1. The van der Waals surface area contributed by atoms with Crippen molar-refractivity contribution < 1.29 is 9.53 Å². The van der Waals surface area contributed by atoms with Gasteiger partial charge in [0.25, 0.3) is 5.91 Å². The summed E-state index contributed by atoms with van der Waals surface area (Å²) in [5.41, 5.74) is 2.03. The van der Waals surface area contributed by atoms with E-state index in [1.54, 1.807) is 0 Å². The number of carbonyl (C=O) groups excluding carboxylic acids is 1. The molecule has 0 radical (unpaired) electrons. The van der Waals surface area contributed by atoms with Gasteiger partial charge in [-0.25, -0.2) is 0 Å². The molecule has 0 bridgehead atoms. The van der Waals surface area contributed by atoms with Gasteiger partial charge < -0.3 is 14.5 Å². The molecule has 1 aliphatic rings. The van der Waals surface area contributed by atoms with Gasteiger partial charge in [0.05, 0.1) is 12.2 Å². The lowest BCUT2D eigenvalue weighted by Crippen LogP contribution is -2.38. The number of hydrogen-bond acceptors (Lipinski definition) is 3. The first kappa shape index (κ1) is 19.4. The molecule has 1 atom stereocenters. The van der Waals surface area contributed by atoms with Crippen LogP contribution >= 0.6 is 0 Å². The average molecular weight is 367 g/mol. The van der Waals surface area contributed by atoms with Gasteiger partial charge in [-0.1, -0.05) is 49.4 Å². The zero-order valence-electron chi connectivity index (χ0n) is 16.6. The maximum Gasteiger partial charge on any atom is 0.257 e. The molecule has 27 heavy (non-hydrogen) atoms. The van der Waals surface area contributed by atoms with Crippen LogP contribution in [-0.2, 0) is 6.42 Å². The van der Waals surface area contributed by atoms with E-state index in [2.05, 4.69) is 31.0 Å². The van der Waals surface area contributed by atoms with Crippen LogP contribution in [0.4, 0.5) is 0 Å². The van der Waals surface area contributed by atoms with Crippen LogP contribution < -0.4 is 4.74 Å². The molecule has 4 heteroatoms. The molecular weight excluding hydrogens is 336 g/mol. The molecule has 2 aromatic rings. The predicted octanol–water partition coefficient (Wildman–Crippen LogP) is 3.72. The molecule has 0 aliphatic carbocycles. The molecule has 1 saturated heterocycles. The highest BCUT2D eigenvalue weighted by atomic mass is 16.5. The fraction of sp³-hybridized carbons (Fsp3) is 0.435. The molecule has 1 fully saturated rings. The van der Waals surface area contributed by atoms with Crippen LogP contribution in [0, 0.1) is 5.41 Å². The molecule has 1 unspecified atom stereocenters. The summed E-state index contributed by atoms with van der Waals surface area (Å²) in [6, 6.07) is 17.8. The Morgan fingerprint density at radius 3 is 2.56 bits per heavy atom. The lowest BCUT2D eigenvalue weighted by atomic mass is 9.89. The van der Waals surface area contributed by atoms with Crippen LogP contribution in [0.3, 0.4) is 0 Å². The van der Waals surface area contributed by atoms with E-state index in [0.29, 0.717) is 17.9 Å². The standard InChI is InChI=1S/C23H30N2O2/c1-23(14-15-24(2)17-23)18-25(3)22(26)20-11-7-8-12-21(20)27-16-13-19-9-5-4-6-10-19/h4-12H,13-18H2,1-3H3. The topological polar surface area (TPSA) is 32.8 Å². The Morgan fingerprint density at radius 1 is 1.15 bits per heavy atom. The highest BCUT2D eigenvalue weighted by molar-refractivity contribution is 5.96. The first-order chi connectivity index (χ1) is 13.0. The Balaban J connectivity index is 1.62. The van der Waals surface area contributed by atoms with Gasteiger partial charge in [0, 0.05) is 26.6 Å². The fourth-order valence-corrected chi connectivity index (χ4v) is 3.94. The normalized spacial score (nSPS) is 19.8. The number of nitrogens with zero attached hydrogens (tertiary/aromatic N) is 2. The van der Waals surface area contributed by atoms with Gasteiger partial charge in [-0.15, -0.1) is 0 Å². The third-order valence-electron chi connectivity index (χ3n) is 5.32. The SMILES string of the molecule is CN1CCC(C)(CN(C)C(=O)c2ccccc2OCCc2ccccc2)C1. The lowest BCUT2D eigenvalue weighted by molar-refractivity contribution is 0.0726. The van der Waals surface area contributed by atoms with Crippen LogP contribution in [0.1, 0.15) is 29.3 Å². The van der Waals surface area contributed by atoms with Crippen molar-refractivity contribution in [3.63, 3.8) is 0 Å². The molecule has 0 saturated carbocycles. The Bertz CT molecular complexity index is 762. The summed E-state index contributed by atoms with van der Waals surface area (Å²) in [6.45, 7) is 5.70. The second kappa shape index (κ2) is 8.57. The quantitative estimate of drug-likeness (QED) is 0.749. The summed E-state index contributed by atoms with van der Waals surface area (Å²) < 4.78 is 5.97. The Labute approximate surface area is 162 Å². The second-order valence-electron chi connectivity index (χ2n) is 8.04. The summed E-state index contributed by atoms with van der Waals surface area (Å²) in [5.74, 6) is 0.695. The van der Waals surface area contributed by atoms with Crippen molar-refractivity contribution in [1.29, 1.82) is 0 Å². The highest BCUT2D eigenvalue weighted by Gasteiger charge is 2.34. The Hall–Kier alpha value is -2.33. The van der Waals surface area contributed by atoms with Crippen LogP contribution in [0.2, 0.25) is 0 Å². The molecule has 1 aliphatic heterocycles. The third kappa shape index (κ3) is 5.10. The minimum atomic E-state index is 0.0288. The highest BCUT2D eigenvalue weighted by Crippen LogP contribution is 2.30. The molecule has 0 spiro atoms. The van der Waals surface area contributed by atoms with Gasteiger partial charge in [0.1, 0.15) is 5.75 Å². The molecule has 3 rings (SSSR count). The first-order valence-corrected chi connectivity index (χ1v) is 9.67. The number of amides is 1. The first-order valence-electron chi connectivity index (χ1n) is 9.67. The van der Waals surface area contributed by atoms with Gasteiger partial charge in [0.2, 0.25) is 0 Å². The molecular formula is C23H30N2O2. The molecule has 4 nitrogen and oxygen atoms in total. The smallest absolute Gasteiger partial charge is 0.257 e. The van der Waals surface area contributed by atoms with E-state index in [4.69, 9.17) is 4.74 Å². The summed E-state index contributed by atoms with van der Waals surface area (Å²) >= 11 is 0. The van der Waals surface area contributed by atoms with Crippen molar-refractivity contribution in [2.45, 2.75) is 19.8 Å². The van der Waals surface area contributed by atoms with E-state index in [1.807, 2.05) is 54.4 Å². The van der Waals surface area contributed by atoms with Crippen molar-refractivity contribution in [3.8, 4) is 5.75 Å². The number of para-hydroxylation sites is 1. The number of rotatable bonds is 7. The fourth-order valence-electron chi connectivity index (χ4n) is 3.94. The predicted molar refractivity (Wildman–Crippen MR) is 109 cm³/mol. The van der Waals surface area contributed by atoms with E-state index >= 15 is 0 Å². The largest absolute Gasteiger partial charge is 0.492 e. The van der Waals surface area contributed by atoms with Crippen molar-refractivity contribution in [2.24, 2.45) is 5.41 Å². The monoisotopic (exact) mass is 366 g/mol. The van der Waals surface area contributed by atoms with Gasteiger partial charge >= 0.3 is 0 Å². The van der Waals surface area contributed by atoms with Crippen molar-refractivity contribution in [3.05, 3.63) is 65.7 Å². The van der Waals surface area contributed by atoms with E-state index in [0.717, 1.165) is 32.5 Å². The maximum atomic E-state index is 13.0.